The molecule has 0 fully saturated rings. The van der Waals surface area contributed by atoms with Gasteiger partial charge in [0.2, 0.25) is 0 Å². The van der Waals surface area contributed by atoms with Gasteiger partial charge in [0.15, 0.2) is 0 Å². The van der Waals surface area contributed by atoms with E-state index >= 15 is 0 Å². The molecule has 2 atom stereocenters. The Morgan fingerprint density at radius 2 is 1.87 bits per heavy atom. The number of ether oxygens (including phenoxy) is 1. The van der Waals surface area contributed by atoms with Crippen molar-refractivity contribution in [2.24, 2.45) is 0 Å². The molecule has 1 unspecified atom stereocenters. The first-order chi connectivity index (χ1) is 7.13. The Balaban J connectivity index is 2.46. The molecule has 1 aromatic carbocycles. The summed E-state index contributed by atoms with van der Waals surface area (Å²) in [4.78, 5) is 0. The fourth-order valence-electron chi connectivity index (χ4n) is 1.30. The van der Waals surface area contributed by atoms with Gasteiger partial charge >= 0.3 is 0 Å². The zero-order valence-corrected chi connectivity index (χ0v) is 9.46. The summed E-state index contributed by atoms with van der Waals surface area (Å²) in [6.45, 7) is 4.84. The lowest BCUT2D eigenvalue weighted by molar-refractivity contribution is 0.115. The molecule has 2 nitrogen and oxygen atoms in total. The Labute approximate surface area is 90.4 Å². The fourth-order valence-corrected chi connectivity index (χ4v) is 1.30. The summed E-state index contributed by atoms with van der Waals surface area (Å²) in [7, 11) is 1.69. The van der Waals surface area contributed by atoms with Gasteiger partial charge in [0.05, 0.1) is 6.10 Å². The number of nitrogens with one attached hydrogen (secondary N) is 1. The van der Waals surface area contributed by atoms with Gasteiger partial charge in [-0.1, -0.05) is 12.1 Å². The van der Waals surface area contributed by atoms with Crippen LogP contribution < -0.4 is 5.32 Å². The lowest BCUT2D eigenvalue weighted by atomic mass is 10.1. The van der Waals surface area contributed by atoms with Crippen LogP contribution in [0, 0.1) is 5.82 Å². The van der Waals surface area contributed by atoms with E-state index in [4.69, 9.17) is 4.74 Å². The largest absolute Gasteiger partial charge is 0.380 e. The number of benzene rings is 1. The van der Waals surface area contributed by atoms with Gasteiger partial charge in [-0.15, -0.1) is 0 Å². The Morgan fingerprint density at radius 1 is 1.27 bits per heavy atom. The van der Waals surface area contributed by atoms with Gasteiger partial charge in [-0.25, -0.2) is 4.39 Å². The predicted molar refractivity (Wildman–Crippen MR) is 59.3 cm³/mol. The van der Waals surface area contributed by atoms with Crippen LogP contribution >= 0.6 is 0 Å². The van der Waals surface area contributed by atoms with Crippen LogP contribution in [0.5, 0.6) is 0 Å². The van der Waals surface area contributed by atoms with E-state index in [0.29, 0.717) is 0 Å². The summed E-state index contributed by atoms with van der Waals surface area (Å²) in [5.74, 6) is -0.198. The number of rotatable bonds is 5. The average molecular weight is 211 g/mol. The Bertz CT molecular complexity index is 286. The van der Waals surface area contributed by atoms with Gasteiger partial charge in [-0.3, -0.25) is 0 Å². The summed E-state index contributed by atoms with van der Waals surface area (Å²) in [6.07, 6.45) is 0.188. The second kappa shape index (κ2) is 5.83. The van der Waals surface area contributed by atoms with Crippen LogP contribution in [0.4, 0.5) is 4.39 Å². The third-order valence-electron chi connectivity index (χ3n) is 2.48. The van der Waals surface area contributed by atoms with E-state index in [0.717, 1.165) is 12.1 Å². The molecule has 0 aliphatic heterocycles. The first-order valence-corrected chi connectivity index (χ1v) is 5.15. The molecule has 0 radical (unpaired) electrons. The normalized spacial score (nSPS) is 14.9. The monoisotopic (exact) mass is 211 g/mol. The molecule has 0 aliphatic carbocycles. The Kier molecular flexibility index (Phi) is 4.72. The van der Waals surface area contributed by atoms with Crippen LogP contribution in [-0.4, -0.2) is 19.8 Å². The molecule has 15 heavy (non-hydrogen) atoms. The molecule has 0 aliphatic rings. The van der Waals surface area contributed by atoms with Crippen LogP contribution in [0.1, 0.15) is 25.5 Å². The van der Waals surface area contributed by atoms with E-state index < -0.39 is 0 Å². The molecule has 1 rings (SSSR count). The van der Waals surface area contributed by atoms with Gasteiger partial charge in [-0.2, -0.15) is 0 Å². The van der Waals surface area contributed by atoms with E-state index in [9.17, 15) is 4.39 Å². The highest BCUT2D eigenvalue weighted by atomic mass is 19.1. The molecule has 0 saturated carbocycles. The summed E-state index contributed by atoms with van der Waals surface area (Å²) >= 11 is 0. The van der Waals surface area contributed by atoms with Crippen LogP contribution in [-0.2, 0) is 4.74 Å². The second-order valence-electron chi connectivity index (χ2n) is 3.73. The zero-order chi connectivity index (χ0) is 11.3. The summed E-state index contributed by atoms with van der Waals surface area (Å²) < 4.78 is 17.8. The van der Waals surface area contributed by atoms with Crippen LogP contribution in [0.3, 0.4) is 0 Å². The van der Waals surface area contributed by atoms with Gasteiger partial charge in [0.25, 0.3) is 0 Å². The van der Waals surface area contributed by atoms with Gasteiger partial charge < -0.3 is 10.1 Å². The van der Waals surface area contributed by atoms with E-state index in [1.165, 1.54) is 12.1 Å². The van der Waals surface area contributed by atoms with E-state index in [1.807, 2.05) is 6.92 Å². The topological polar surface area (TPSA) is 21.3 Å². The molecule has 0 spiro atoms. The van der Waals surface area contributed by atoms with Crippen molar-refractivity contribution in [3.63, 3.8) is 0 Å². The molecule has 0 bridgehead atoms. The van der Waals surface area contributed by atoms with Crippen LogP contribution in [0.25, 0.3) is 0 Å². The van der Waals surface area contributed by atoms with Crippen molar-refractivity contribution < 1.29 is 9.13 Å². The lowest BCUT2D eigenvalue weighted by Gasteiger charge is -2.17. The minimum absolute atomic E-state index is 0.188. The highest BCUT2D eigenvalue weighted by Crippen LogP contribution is 2.12. The molecular weight excluding hydrogens is 193 g/mol. The van der Waals surface area contributed by atoms with E-state index in [1.54, 1.807) is 19.2 Å². The lowest BCUT2D eigenvalue weighted by Crippen LogP contribution is -2.28. The van der Waals surface area contributed by atoms with E-state index in [2.05, 4.69) is 12.2 Å². The SMILES string of the molecule is COC(C)CN[C@@H](C)c1ccc(F)cc1. The van der Waals surface area contributed by atoms with Crippen LogP contribution in [0.15, 0.2) is 24.3 Å². The zero-order valence-electron chi connectivity index (χ0n) is 9.46. The van der Waals surface area contributed by atoms with Crippen molar-refractivity contribution in [3.8, 4) is 0 Å². The molecule has 84 valence electrons. The molecule has 0 heterocycles. The van der Waals surface area contributed by atoms with Gasteiger partial charge in [0.1, 0.15) is 5.82 Å². The summed E-state index contributed by atoms with van der Waals surface area (Å²) in [5.41, 5.74) is 1.08. The molecule has 0 amide bonds. The highest BCUT2D eigenvalue weighted by molar-refractivity contribution is 5.19. The van der Waals surface area contributed by atoms with Crippen LogP contribution in [0.2, 0.25) is 0 Å². The molecular formula is C12H18FNO. The molecule has 3 heteroatoms. The minimum atomic E-state index is -0.198. The van der Waals surface area contributed by atoms with Crippen molar-refractivity contribution in [2.45, 2.75) is 26.0 Å². The maximum absolute atomic E-state index is 12.7. The van der Waals surface area contributed by atoms with Crippen molar-refractivity contribution >= 4 is 0 Å². The third-order valence-corrected chi connectivity index (χ3v) is 2.48. The predicted octanol–water partition coefficient (Wildman–Crippen LogP) is 2.51. The number of halogens is 1. The summed E-state index contributed by atoms with van der Waals surface area (Å²) in [5, 5.41) is 3.32. The van der Waals surface area contributed by atoms with Crippen molar-refractivity contribution in [1.29, 1.82) is 0 Å². The first-order valence-electron chi connectivity index (χ1n) is 5.15. The highest BCUT2D eigenvalue weighted by Gasteiger charge is 2.06. The maximum Gasteiger partial charge on any atom is 0.123 e. The molecule has 0 aromatic heterocycles. The molecule has 0 saturated heterocycles. The Morgan fingerprint density at radius 3 is 2.40 bits per heavy atom. The summed E-state index contributed by atoms with van der Waals surface area (Å²) in [6, 6.07) is 6.76. The number of hydrogen-bond acceptors (Lipinski definition) is 2. The van der Waals surface area contributed by atoms with Crippen molar-refractivity contribution in [3.05, 3.63) is 35.6 Å². The number of methoxy groups -OCH3 is 1. The first kappa shape index (κ1) is 12.1. The molecule has 1 aromatic rings. The average Bonchev–Trinajstić information content (AvgIpc) is 2.26. The standard InChI is InChI=1S/C12H18FNO/c1-9(15-3)8-14-10(2)11-4-6-12(13)7-5-11/h4-7,9-10,14H,8H2,1-3H3/t9?,10-/m0/s1. The van der Waals surface area contributed by atoms with Gasteiger partial charge in [0, 0.05) is 19.7 Å². The van der Waals surface area contributed by atoms with Crippen molar-refractivity contribution in [1.82, 2.24) is 5.32 Å². The van der Waals surface area contributed by atoms with E-state index in [-0.39, 0.29) is 18.0 Å². The molecule has 1 N–H and O–H groups in total. The Hall–Kier alpha value is -0.930. The minimum Gasteiger partial charge on any atom is -0.380 e. The second-order valence-corrected chi connectivity index (χ2v) is 3.73. The fraction of sp³-hybridized carbons (Fsp3) is 0.500. The third kappa shape index (κ3) is 3.98. The quantitative estimate of drug-likeness (QED) is 0.808. The maximum atomic E-state index is 12.7. The smallest absolute Gasteiger partial charge is 0.123 e. The number of hydrogen-bond donors (Lipinski definition) is 1. The van der Waals surface area contributed by atoms with Gasteiger partial charge in [-0.05, 0) is 31.5 Å². The van der Waals surface area contributed by atoms with Crippen molar-refractivity contribution in [2.75, 3.05) is 13.7 Å².